The highest BCUT2D eigenvalue weighted by Gasteiger charge is 2.24. The van der Waals surface area contributed by atoms with Gasteiger partial charge in [-0.25, -0.2) is 4.79 Å². The van der Waals surface area contributed by atoms with E-state index in [1.165, 1.54) is 0 Å². The number of hydrogen-bond donors (Lipinski definition) is 3. The van der Waals surface area contributed by atoms with Crippen LogP contribution in [0.2, 0.25) is 10.0 Å². The first-order chi connectivity index (χ1) is 20.3. The second kappa shape index (κ2) is 15.0. The molecule has 1 saturated heterocycles. The Bertz CT molecular complexity index is 1380. The molecular weight excluding hydrogens is 575 g/mol. The molecule has 1 fully saturated rings. The number of ether oxygens (including phenoxy) is 1. The minimum absolute atomic E-state index is 0.183. The van der Waals surface area contributed by atoms with Crippen molar-refractivity contribution in [3.8, 4) is 5.75 Å². The Morgan fingerprint density at radius 2 is 1.45 bits per heavy atom. The topological polar surface area (TPSA) is 89.2 Å². The molecule has 1 aliphatic heterocycles. The van der Waals surface area contributed by atoms with Crippen molar-refractivity contribution in [3.63, 3.8) is 0 Å². The van der Waals surface area contributed by atoms with E-state index in [9.17, 15) is 9.59 Å². The van der Waals surface area contributed by atoms with Crippen molar-refractivity contribution in [2.75, 3.05) is 79.9 Å². The molecule has 3 amide bonds. The number of urea groups is 1. The summed E-state index contributed by atoms with van der Waals surface area (Å²) in [5.41, 5.74) is 3.39. The van der Waals surface area contributed by atoms with Gasteiger partial charge >= 0.3 is 6.03 Å². The molecule has 0 spiro atoms. The lowest BCUT2D eigenvalue weighted by Gasteiger charge is -2.38. The highest BCUT2D eigenvalue weighted by Crippen LogP contribution is 2.31. The number of anilines is 4. The summed E-state index contributed by atoms with van der Waals surface area (Å²) in [6.07, 6.45) is 0. The predicted octanol–water partition coefficient (Wildman–Crippen LogP) is 6.04. The van der Waals surface area contributed by atoms with E-state index in [-0.39, 0.29) is 5.91 Å². The number of nitrogens with one attached hydrogen (secondary N) is 3. The smallest absolute Gasteiger partial charge is 0.323 e. The van der Waals surface area contributed by atoms with Gasteiger partial charge in [-0.2, -0.15) is 0 Å². The van der Waals surface area contributed by atoms with Gasteiger partial charge in [0, 0.05) is 56.3 Å². The van der Waals surface area contributed by atoms with Crippen molar-refractivity contribution in [2.45, 2.75) is 13.8 Å². The van der Waals surface area contributed by atoms with Gasteiger partial charge in [0.1, 0.15) is 5.75 Å². The molecule has 42 heavy (non-hydrogen) atoms. The van der Waals surface area contributed by atoms with Gasteiger partial charge in [-0.15, -0.1) is 0 Å². The third-order valence-corrected chi connectivity index (χ3v) is 8.07. The summed E-state index contributed by atoms with van der Waals surface area (Å²) in [7, 11) is 1.68. The van der Waals surface area contributed by atoms with Gasteiger partial charge in [-0.05, 0) is 61.6 Å². The number of hydrogen-bond acceptors (Lipinski definition) is 6. The van der Waals surface area contributed by atoms with Crippen molar-refractivity contribution in [1.82, 2.24) is 10.2 Å². The Morgan fingerprint density at radius 3 is 2.10 bits per heavy atom. The minimum atomic E-state index is -0.459. The number of likely N-dealkylation sites (N-methyl/N-ethyl adjacent to an activating group) is 1. The molecule has 0 atom stereocenters. The molecule has 0 radical (unpaired) electrons. The molecule has 0 saturated carbocycles. The fourth-order valence-corrected chi connectivity index (χ4v) is 5.28. The Balaban J connectivity index is 1.50. The molecule has 0 aromatic heterocycles. The van der Waals surface area contributed by atoms with Crippen LogP contribution < -0.4 is 30.5 Å². The van der Waals surface area contributed by atoms with E-state index in [2.05, 4.69) is 50.6 Å². The van der Waals surface area contributed by atoms with Gasteiger partial charge in [-0.1, -0.05) is 49.2 Å². The third-order valence-electron chi connectivity index (χ3n) is 7.33. The van der Waals surface area contributed by atoms with E-state index in [1.807, 2.05) is 30.3 Å². The van der Waals surface area contributed by atoms with E-state index in [0.717, 1.165) is 62.9 Å². The van der Waals surface area contributed by atoms with Crippen LogP contribution in [-0.4, -0.2) is 76.3 Å². The van der Waals surface area contributed by atoms with E-state index >= 15 is 0 Å². The van der Waals surface area contributed by atoms with Crippen LogP contribution in [0.5, 0.6) is 5.75 Å². The lowest BCUT2D eigenvalue weighted by Crippen LogP contribution is -2.47. The van der Waals surface area contributed by atoms with Crippen molar-refractivity contribution in [2.24, 2.45) is 0 Å². The first-order valence-electron chi connectivity index (χ1n) is 14.1. The molecule has 0 bridgehead atoms. The molecule has 4 rings (SSSR count). The fraction of sp³-hybridized carbons (Fsp3) is 0.355. The number of carbonyl (C=O) groups is 2. The Kier molecular flexibility index (Phi) is 11.2. The number of amides is 3. The number of nitrogens with zero attached hydrogens (tertiary/aromatic N) is 3. The van der Waals surface area contributed by atoms with Gasteiger partial charge < -0.3 is 35.4 Å². The van der Waals surface area contributed by atoms with Crippen LogP contribution in [0, 0.1) is 0 Å². The summed E-state index contributed by atoms with van der Waals surface area (Å²) in [5.74, 6) is 0.659. The van der Waals surface area contributed by atoms with Crippen molar-refractivity contribution >= 4 is 57.9 Å². The second-order valence-electron chi connectivity index (χ2n) is 9.87. The molecule has 3 aromatic carbocycles. The summed E-state index contributed by atoms with van der Waals surface area (Å²) >= 11 is 12.1. The van der Waals surface area contributed by atoms with Gasteiger partial charge in [0.05, 0.1) is 28.4 Å². The van der Waals surface area contributed by atoms with Crippen LogP contribution in [0.3, 0.4) is 0 Å². The summed E-state index contributed by atoms with van der Waals surface area (Å²) in [6, 6.07) is 17.8. The van der Waals surface area contributed by atoms with E-state index in [0.29, 0.717) is 33.5 Å². The van der Waals surface area contributed by atoms with Crippen molar-refractivity contribution in [1.29, 1.82) is 0 Å². The van der Waals surface area contributed by atoms with Crippen molar-refractivity contribution in [3.05, 3.63) is 76.3 Å². The van der Waals surface area contributed by atoms with E-state index in [4.69, 9.17) is 27.9 Å². The molecule has 3 aromatic rings. The standard InChI is InChI=1S/C31H38Cl2N6O3/c1-4-37(5-2)15-14-34-30(40)24-20-22(35-31(41)36-23-10-12-25(32)26(33)21-23)11-13-27(24)38-16-18-39(19-17-38)28-8-6-7-9-29(28)42-3/h6-13,20-21H,4-5,14-19H2,1-3H3,(H,34,40)(H2,35,36,41). The Morgan fingerprint density at radius 1 is 0.833 bits per heavy atom. The van der Waals surface area contributed by atoms with Crippen LogP contribution >= 0.6 is 23.2 Å². The molecule has 1 aliphatic rings. The zero-order valence-electron chi connectivity index (χ0n) is 24.3. The zero-order chi connectivity index (χ0) is 30.1. The molecular formula is C31H38Cl2N6O3. The predicted molar refractivity (Wildman–Crippen MR) is 173 cm³/mol. The molecule has 224 valence electrons. The average Bonchev–Trinajstić information content (AvgIpc) is 3.01. The maximum Gasteiger partial charge on any atom is 0.323 e. The maximum atomic E-state index is 13.5. The third kappa shape index (κ3) is 8.00. The number of benzene rings is 3. The number of carbonyl (C=O) groups excluding carboxylic acids is 2. The van der Waals surface area contributed by atoms with Gasteiger partial charge in [0.25, 0.3) is 5.91 Å². The first kappa shape index (κ1) is 31.3. The fourth-order valence-electron chi connectivity index (χ4n) is 4.98. The largest absolute Gasteiger partial charge is 0.495 e. The summed E-state index contributed by atoms with van der Waals surface area (Å²) < 4.78 is 5.56. The van der Waals surface area contributed by atoms with Crippen LogP contribution in [-0.2, 0) is 0 Å². The maximum absolute atomic E-state index is 13.5. The van der Waals surface area contributed by atoms with E-state index < -0.39 is 6.03 Å². The Hall–Kier alpha value is -3.66. The highest BCUT2D eigenvalue weighted by atomic mass is 35.5. The number of rotatable bonds is 11. The number of para-hydroxylation sites is 2. The average molecular weight is 614 g/mol. The summed E-state index contributed by atoms with van der Waals surface area (Å²) in [4.78, 5) is 33.0. The van der Waals surface area contributed by atoms with Gasteiger partial charge in [0.2, 0.25) is 0 Å². The monoisotopic (exact) mass is 612 g/mol. The molecule has 3 N–H and O–H groups in total. The summed E-state index contributed by atoms with van der Waals surface area (Å²) in [5, 5.41) is 9.39. The zero-order valence-corrected chi connectivity index (χ0v) is 25.8. The van der Waals surface area contributed by atoms with Gasteiger partial charge in [-0.3, -0.25) is 4.79 Å². The van der Waals surface area contributed by atoms with Crippen LogP contribution in [0.25, 0.3) is 0 Å². The lowest BCUT2D eigenvalue weighted by atomic mass is 10.1. The second-order valence-corrected chi connectivity index (χ2v) is 10.7. The molecule has 11 heteroatoms. The van der Waals surface area contributed by atoms with Crippen molar-refractivity contribution < 1.29 is 14.3 Å². The van der Waals surface area contributed by atoms with Crippen LogP contribution in [0.1, 0.15) is 24.2 Å². The van der Waals surface area contributed by atoms with E-state index in [1.54, 1.807) is 31.4 Å². The molecule has 0 unspecified atom stereocenters. The normalized spacial score (nSPS) is 13.2. The Labute approximate surface area is 257 Å². The molecule has 1 heterocycles. The van der Waals surface area contributed by atoms with Crippen LogP contribution in [0.15, 0.2) is 60.7 Å². The first-order valence-corrected chi connectivity index (χ1v) is 14.9. The number of halogens is 2. The number of methoxy groups -OCH3 is 1. The minimum Gasteiger partial charge on any atom is -0.495 e. The lowest BCUT2D eigenvalue weighted by molar-refractivity contribution is 0.0949. The molecule has 9 nitrogen and oxygen atoms in total. The summed E-state index contributed by atoms with van der Waals surface area (Å²) in [6.45, 7) is 10.3. The highest BCUT2D eigenvalue weighted by molar-refractivity contribution is 6.42. The SMILES string of the molecule is CCN(CC)CCNC(=O)c1cc(NC(=O)Nc2ccc(Cl)c(Cl)c2)ccc1N1CCN(c2ccccc2OC)CC1. The van der Waals surface area contributed by atoms with Crippen LogP contribution in [0.4, 0.5) is 27.5 Å². The molecule has 0 aliphatic carbocycles. The quantitative estimate of drug-likeness (QED) is 0.244. The van der Waals surface area contributed by atoms with Gasteiger partial charge in [0.15, 0.2) is 0 Å². The number of piperazine rings is 1.